The number of aryl methyl sites for hydroxylation is 2. The molecule has 0 saturated heterocycles. The summed E-state index contributed by atoms with van der Waals surface area (Å²) in [5.74, 6) is 0.571. The lowest BCUT2D eigenvalue weighted by atomic mass is 9.99. The highest BCUT2D eigenvalue weighted by molar-refractivity contribution is 5.68. The van der Waals surface area contributed by atoms with Crippen LogP contribution in [0.2, 0.25) is 0 Å². The Kier molecular flexibility index (Phi) is 10.5. The molecular formula is C30H39FN2. The summed E-state index contributed by atoms with van der Waals surface area (Å²) in [6, 6.07) is 13.6. The van der Waals surface area contributed by atoms with Crippen LogP contribution in [-0.4, -0.2) is 9.97 Å². The predicted molar refractivity (Wildman–Crippen MR) is 138 cm³/mol. The fourth-order valence-corrected chi connectivity index (χ4v) is 4.25. The zero-order valence-corrected chi connectivity index (χ0v) is 20.5. The van der Waals surface area contributed by atoms with E-state index < -0.39 is 0 Å². The van der Waals surface area contributed by atoms with Gasteiger partial charge in [-0.25, -0.2) is 14.4 Å². The number of hydrogen-bond donors (Lipinski definition) is 0. The molecule has 0 aliphatic carbocycles. The number of benzene rings is 2. The maximum absolute atomic E-state index is 14.7. The summed E-state index contributed by atoms with van der Waals surface area (Å²) in [4.78, 5) is 9.13. The third-order valence-corrected chi connectivity index (χ3v) is 6.33. The van der Waals surface area contributed by atoms with E-state index in [1.807, 2.05) is 42.7 Å². The second-order valence-corrected chi connectivity index (χ2v) is 9.13. The van der Waals surface area contributed by atoms with Crippen molar-refractivity contribution < 1.29 is 4.39 Å². The molecule has 0 aliphatic heterocycles. The van der Waals surface area contributed by atoms with E-state index in [1.165, 1.54) is 63.4 Å². The van der Waals surface area contributed by atoms with Crippen molar-refractivity contribution >= 4 is 0 Å². The summed E-state index contributed by atoms with van der Waals surface area (Å²) in [6.45, 7) is 4.45. The van der Waals surface area contributed by atoms with E-state index in [-0.39, 0.29) is 5.82 Å². The van der Waals surface area contributed by atoms with E-state index in [9.17, 15) is 4.39 Å². The molecule has 0 unspecified atom stereocenters. The van der Waals surface area contributed by atoms with E-state index in [0.717, 1.165) is 41.8 Å². The van der Waals surface area contributed by atoms with Gasteiger partial charge < -0.3 is 0 Å². The lowest BCUT2D eigenvalue weighted by molar-refractivity contribution is 0.607. The summed E-state index contributed by atoms with van der Waals surface area (Å²) in [7, 11) is 0. The van der Waals surface area contributed by atoms with Gasteiger partial charge in [0.05, 0.1) is 0 Å². The topological polar surface area (TPSA) is 25.8 Å². The van der Waals surface area contributed by atoms with Gasteiger partial charge in [-0.1, -0.05) is 102 Å². The van der Waals surface area contributed by atoms with Gasteiger partial charge in [-0.2, -0.15) is 0 Å². The zero-order chi connectivity index (χ0) is 23.3. The van der Waals surface area contributed by atoms with Crippen LogP contribution in [0.25, 0.3) is 22.5 Å². The lowest BCUT2D eigenvalue weighted by Gasteiger charge is -2.08. The molecule has 3 rings (SSSR count). The molecule has 3 heteroatoms. The van der Waals surface area contributed by atoms with Gasteiger partial charge in [0.15, 0.2) is 5.82 Å². The van der Waals surface area contributed by atoms with Crippen molar-refractivity contribution in [2.75, 3.05) is 0 Å². The summed E-state index contributed by atoms with van der Waals surface area (Å²) >= 11 is 0. The lowest BCUT2D eigenvalue weighted by Crippen LogP contribution is -1.94. The van der Waals surface area contributed by atoms with Crippen LogP contribution in [0.1, 0.15) is 89.2 Å². The van der Waals surface area contributed by atoms with Crippen molar-refractivity contribution in [2.45, 2.75) is 90.9 Å². The Bertz CT molecular complexity index is 948. The maximum Gasteiger partial charge on any atom is 0.159 e. The minimum atomic E-state index is -0.147. The second-order valence-electron chi connectivity index (χ2n) is 9.13. The van der Waals surface area contributed by atoms with Gasteiger partial charge in [-0.15, -0.1) is 0 Å². The molecule has 0 bridgehead atoms. The average Bonchev–Trinajstić information content (AvgIpc) is 2.85. The molecule has 0 amide bonds. The average molecular weight is 447 g/mol. The number of halogens is 1. The predicted octanol–water partition coefficient (Wildman–Crippen LogP) is 8.98. The number of unbranched alkanes of at least 4 members (excludes halogenated alkanes) is 8. The number of nitrogens with zero attached hydrogens (tertiary/aromatic N) is 2. The molecule has 2 nitrogen and oxygen atoms in total. The van der Waals surface area contributed by atoms with Crippen LogP contribution >= 0.6 is 0 Å². The standard InChI is InChI=1S/C30H39FN2/c1-3-5-7-9-10-12-14-25-22-32-30(33-23-25)27-18-16-26(17-19-27)28-20-15-24(21-29(28)31)13-11-8-6-4-2/h15-23H,3-14H2,1-2H3. The highest BCUT2D eigenvalue weighted by Gasteiger charge is 2.08. The van der Waals surface area contributed by atoms with Crippen LogP contribution < -0.4 is 0 Å². The van der Waals surface area contributed by atoms with Crippen LogP contribution in [0.3, 0.4) is 0 Å². The fraction of sp³-hybridized carbons (Fsp3) is 0.467. The largest absolute Gasteiger partial charge is 0.236 e. The van der Waals surface area contributed by atoms with Crippen molar-refractivity contribution in [3.05, 3.63) is 71.8 Å². The smallest absolute Gasteiger partial charge is 0.159 e. The molecule has 0 radical (unpaired) electrons. The van der Waals surface area contributed by atoms with Crippen molar-refractivity contribution in [3.63, 3.8) is 0 Å². The molecule has 0 N–H and O–H groups in total. The molecule has 1 heterocycles. The van der Waals surface area contributed by atoms with Crippen LogP contribution in [0.5, 0.6) is 0 Å². The van der Waals surface area contributed by atoms with Gasteiger partial charge in [0, 0.05) is 23.5 Å². The van der Waals surface area contributed by atoms with E-state index >= 15 is 0 Å². The molecule has 0 atom stereocenters. The van der Waals surface area contributed by atoms with Crippen molar-refractivity contribution in [2.24, 2.45) is 0 Å². The Balaban J connectivity index is 1.55. The third-order valence-electron chi connectivity index (χ3n) is 6.33. The van der Waals surface area contributed by atoms with Crippen LogP contribution in [0.4, 0.5) is 4.39 Å². The molecule has 3 aromatic rings. The summed E-state index contributed by atoms with van der Waals surface area (Å²) in [5, 5.41) is 0. The molecule has 0 aliphatic rings. The highest BCUT2D eigenvalue weighted by atomic mass is 19.1. The molecule has 176 valence electrons. The first-order valence-electron chi connectivity index (χ1n) is 12.9. The molecule has 1 aromatic heterocycles. The Morgan fingerprint density at radius 2 is 1.15 bits per heavy atom. The van der Waals surface area contributed by atoms with Crippen LogP contribution in [0, 0.1) is 5.82 Å². The third kappa shape index (κ3) is 8.07. The first kappa shape index (κ1) is 25.1. The first-order valence-corrected chi connectivity index (χ1v) is 12.9. The van der Waals surface area contributed by atoms with E-state index in [4.69, 9.17) is 0 Å². The molecular weight excluding hydrogens is 407 g/mol. The van der Waals surface area contributed by atoms with Crippen molar-refractivity contribution in [3.8, 4) is 22.5 Å². The summed E-state index contributed by atoms with van der Waals surface area (Å²) in [5.41, 5.74) is 4.77. The van der Waals surface area contributed by atoms with Crippen LogP contribution in [0.15, 0.2) is 54.9 Å². The minimum Gasteiger partial charge on any atom is -0.236 e. The van der Waals surface area contributed by atoms with Gasteiger partial charge in [0.25, 0.3) is 0 Å². The molecule has 2 aromatic carbocycles. The Labute approximate surface area is 199 Å². The Morgan fingerprint density at radius 3 is 1.79 bits per heavy atom. The Morgan fingerprint density at radius 1 is 0.606 bits per heavy atom. The van der Waals surface area contributed by atoms with Crippen molar-refractivity contribution in [1.82, 2.24) is 9.97 Å². The van der Waals surface area contributed by atoms with Gasteiger partial charge in [0.1, 0.15) is 5.82 Å². The van der Waals surface area contributed by atoms with Gasteiger partial charge >= 0.3 is 0 Å². The maximum atomic E-state index is 14.7. The van der Waals surface area contributed by atoms with Gasteiger partial charge in [-0.05, 0) is 48.4 Å². The normalized spacial score (nSPS) is 11.1. The SMILES string of the molecule is CCCCCCCCc1cnc(-c2ccc(-c3ccc(CCCCCC)cc3F)cc2)nc1. The summed E-state index contributed by atoms with van der Waals surface area (Å²) in [6.07, 6.45) is 18.5. The monoisotopic (exact) mass is 446 g/mol. The van der Waals surface area contributed by atoms with E-state index in [1.54, 1.807) is 6.07 Å². The Hall–Kier alpha value is -2.55. The van der Waals surface area contributed by atoms with E-state index in [0.29, 0.717) is 5.56 Å². The summed E-state index contributed by atoms with van der Waals surface area (Å²) < 4.78 is 14.7. The van der Waals surface area contributed by atoms with Gasteiger partial charge in [-0.3, -0.25) is 0 Å². The molecule has 0 fully saturated rings. The highest BCUT2D eigenvalue weighted by Crippen LogP contribution is 2.26. The van der Waals surface area contributed by atoms with Crippen molar-refractivity contribution in [1.29, 1.82) is 0 Å². The quantitative estimate of drug-likeness (QED) is 0.231. The van der Waals surface area contributed by atoms with Gasteiger partial charge in [0.2, 0.25) is 0 Å². The molecule has 0 saturated carbocycles. The second kappa shape index (κ2) is 13.9. The van der Waals surface area contributed by atoms with Crippen LogP contribution in [-0.2, 0) is 12.8 Å². The molecule has 0 spiro atoms. The first-order chi connectivity index (χ1) is 16.2. The number of rotatable bonds is 14. The van der Waals surface area contributed by atoms with E-state index in [2.05, 4.69) is 29.9 Å². The number of aromatic nitrogens is 2. The minimum absolute atomic E-state index is 0.147. The fourth-order valence-electron chi connectivity index (χ4n) is 4.25. The zero-order valence-electron chi connectivity index (χ0n) is 20.5. The molecule has 33 heavy (non-hydrogen) atoms. The number of hydrogen-bond acceptors (Lipinski definition) is 2.